The first-order valence-electron chi connectivity index (χ1n) is 25.8. The maximum atomic E-state index is 13.3. The van der Waals surface area contributed by atoms with E-state index in [2.05, 4.69) is 20.2 Å². The number of nitrogens with zero attached hydrogens (tertiary/aromatic N) is 3. The van der Waals surface area contributed by atoms with Gasteiger partial charge in [-0.05, 0) is 88.5 Å². The van der Waals surface area contributed by atoms with Crippen LogP contribution in [0.5, 0.6) is 0 Å². The molecule has 0 aromatic carbocycles. The lowest BCUT2D eigenvalue weighted by atomic mass is 9.73. The molecule has 4 aliphatic heterocycles. The zero-order chi connectivity index (χ0) is 52.7. The van der Waals surface area contributed by atoms with Crippen LogP contribution in [0.15, 0.2) is 21.9 Å². The molecule has 4 saturated heterocycles. The lowest BCUT2D eigenvalue weighted by Gasteiger charge is -2.34. The molecule has 0 amide bonds. The number of hydrogen-bond acceptors (Lipinski definition) is 17. The van der Waals surface area contributed by atoms with Crippen LogP contribution < -0.4 is 5.32 Å². The topological polar surface area (TPSA) is 239 Å². The molecule has 0 spiro atoms. The minimum atomic E-state index is -1.24. The van der Waals surface area contributed by atoms with Gasteiger partial charge >= 0.3 is 11.9 Å². The van der Waals surface area contributed by atoms with E-state index in [4.69, 9.17) is 9.47 Å². The number of thiazole rings is 2. The van der Waals surface area contributed by atoms with Crippen molar-refractivity contribution in [2.75, 3.05) is 13.2 Å². The predicted molar refractivity (Wildman–Crippen MR) is 279 cm³/mol. The highest BCUT2D eigenvalue weighted by Gasteiger charge is 2.49. The number of nitrogens with one attached hydrogen (secondary N) is 1. The monoisotopic (exact) mass is 1030 g/mol. The Labute approximate surface area is 431 Å². The van der Waals surface area contributed by atoms with Crippen LogP contribution in [0.1, 0.15) is 156 Å². The third-order valence-corrected chi connectivity index (χ3v) is 17.5. The minimum absolute atomic E-state index is 0. The zero-order valence-corrected chi connectivity index (χ0v) is 45.9. The molecule has 0 saturated carbocycles. The van der Waals surface area contributed by atoms with Crippen LogP contribution >= 0.6 is 22.7 Å². The van der Waals surface area contributed by atoms with E-state index in [-0.39, 0.29) is 62.4 Å². The van der Waals surface area contributed by atoms with E-state index in [9.17, 15) is 44.7 Å². The van der Waals surface area contributed by atoms with Crippen LogP contribution in [0, 0.1) is 48.3 Å². The van der Waals surface area contributed by atoms with E-state index in [1.165, 1.54) is 0 Å². The standard InChI is InChI=1S/C28H44N2O6S.C26H40N2O5S.H2/c1-16-8-7-9-21-22(30(21)10-11-31)13-23(17(2)12-20-15-37-19(4)29-20)36-25(33)14-24(32)28(5,6)27(35)18(3)26(16)34;1-14-8-7-9-19-20(28-19)11-21(15(2)10-18-13-34-17(4)27-18)33-23(30)12-22(29)26(5,6)25(32)16(3)24(14)31;/h12,15-16,18,21-24,26,31-32,34H,7-11,13-14H2,1-6H3;10,13-14,16,19-22,24,28-29,31H,7-9,11-12H2,1-6H3;1H/b17-12+;15-10+;/t16-,18+,21?,22?,23?,24-,26-,30?;14-,16+,19?,20?,21?,22-,24-;/m00./s1/i;;1+1. The Bertz CT molecular complexity index is 2190. The van der Waals surface area contributed by atoms with Crippen molar-refractivity contribution in [1.82, 2.24) is 20.2 Å². The average Bonchev–Trinajstić information content (AvgIpc) is 4.08. The van der Waals surface area contributed by atoms with Crippen molar-refractivity contribution in [2.24, 2.45) is 34.5 Å². The van der Waals surface area contributed by atoms with Crippen LogP contribution in [-0.4, -0.2) is 138 Å². The van der Waals surface area contributed by atoms with Gasteiger partial charge in [0, 0.05) is 67.6 Å². The highest BCUT2D eigenvalue weighted by Crippen LogP contribution is 2.40. The lowest BCUT2D eigenvalue weighted by Crippen LogP contribution is -2.45. The summed E-state index contributed by atoms with van der Waals surface area (Å²) in [5, 5.41) is 62.4. The van der Waals surface area contributed by atoms with Crippen molar-refractivity contribution in [3.8, 4) is 0 Å². The number of ketones is 2. The molecule has 15 atom stereocenters. The Morgan fingerprint density at radius 3 is 1.56 bits per heavy atom. The molecule has 15 nitrogen and oxygen atoms in total. The molecular formula is C54H86N4O11S2. The summed E-state index contributed by atoms with van der Waals surface area (Å²) in [5.74, 6) is -3.00. The highest BCUT2D eigenvalue weighted by atomic mass is 32.1. The number of Topliss-reactive ketones (excluding diaryl/α,β-unsaturated/α-hetero) is 2. The van der Waals surface area contributed by atoms with Crippen molar-refractivity contribution < 1.29 is 55.6 Å². The summed E-state index contributed by atoms with van der Waals surface area (Å²) in [7, 11) is 0. The van der Waals surface area contributed by atoms with Crippen molar-refractivity contribution >= 4 is 58.3 Å². The second-order valence-corrected chi connectivity index (χ2v) is 24.4. The quantitative estimate of drug-likeness (QED) is 0.123. The van der Waals surface area contributed by atoms with Crippen LogP contribution in [0.2, 0.25) is 0 Å². The Balaban J connectivity index is 0.000000309. The molecule has 6 N–H and O–H groups in total. The molecule has 0 radical (unpaired) electrons. The summed E-state index contributed by atoms with van der Waals surface area (Å²) in [6.07, 6.45) is 4.82. The first-order valence-corrected chi connectivity index (χ1v) is 27.6. The van der Waals surface area contributed by atoms with Gasteiger partial charge in [0.2, 0.25) is 0 Å². The molecule has 6 rings (SSSR count). The van der Waals surface area contributed by atoms with Crippen LogP contribution in [-0.2, 0) is 28.7 Å². The normalized spacial score (nSPS) is 36.0. The van der Waals surface area contributed by atoms with Gasteiger partial charge in [0.1, 0.15) is 23.8 Å². The van der Waals surface area contributed by atoms with E-state index in [0.29, 0.717) is 25.4 Å². The van der Waals surface area contributed by atoms with Crippen LogP contribution in [0.25, 0.3) is 12.2 Å². The zero-order valence-electron chi connectivity index (χ0n) is 44.2. The molecule has 6 heterocycles. The summed E-state index contributed by atoms with van der Waals surface area (Å²) in [6, 6.07) is 1.05. The molecule has 2 aromatic heterocycles. The van der Waals surface area contributed by atoms with Crippen molar-refractivity contribution in [3.63, 3.8) is 0 Å². The summed E-state index contributed by atoms with van der Waals surface area (Å²) in [5.41, 5.74) is 1.03. The fourth-order valence-electron chi connectivity index (χ4n) is 10.6. The van der Waals surface area contributed by atoms with Gasteiger partial charge in [0.25, 0.3) is 0 Å². The van der Waals surface area contributed by atoms with Gasteiger partial charge in [-0.15, -0.1) is 22.7 Å². The number of hydrogen-bond donors (Lipinski definition) is 6. The molecule has 4 fully saturated rings. The van der Waals surface area contributed by atoms with Gasteiger partial charge in [-0.2, -0.15) is 0 Å². The molecule has 71 heavy (non-hydrogen) atoms. The number of esters is 2. The summed E-state index contributed by atoms with van der Waals surface area (Å²) in [4.78, 5) is 63.6. The van der Waals surface area contributed by atoms with E-state index in [1.807, 2.05) is 64.5 Å². The maximum absolute atomic E-state index is 13.3. The molecule has 17 heteroatoms. The first kappa shape index (κ1) is 58.6. The van der Waals surface area contributed by atoms with Gasteiger partial charge in [-0.3, -0.25) is 24.1 Å². The van der Waals surface area contributed by atoms with E-state index >= 15 is 0 Å². The largest absolute Gasteiger partial charge is 0.458 e. The Morgan fingerprint density at radius 2 is 1.14 bits per heavy atom. The fourth-order valence-corrected chi connectivity index (χ4v) is 11.7. The van der Waals surface area contributed by atoms with E-state index in [0.717, 1.165) is 71.1 Å². The average molecular weight is 1030 g/mol. The molecule has 400 valence electrons. The SMILES string of the molecule is C/C(=C\c1csc(C)n1)C1CC2C(CCC[C@H](C)[C@H](O)[C@@H](C)C(=O)C(C)(C)[C@@H](O)CC(=O)O1)N2CCO.C/C(=C\c1csc(C)n1)C1CC2NC2CCC[C@H](C)[C@H](O)[C@@H](C)C(=O)C(C)(C)[C@@H](O)CC(=O)O1.[2HH]. The van der Waals surface area contributed by atoms with Gasteiger partial charge in [0.15, 0.2) is 0 Å². The number of rotatable bonds is 6. The molecule has 7 unspecified atom stereocenters. The van der Waals surface area contributed by atoms with Crippen LogP contribution in [0.3, 0.4) is 0 Å². The third-order valence-electron chi connectivity index (χ3n) is 15.9. The second kappa shape index (κ2) is 25.3. The Kier molecular flexibility index (Phi) is 20.9. The maximum Gasteiger partial charge on any atom is 0.309 e. The number of aromatic nitrogens is 2. The number of fused-ring (bicyclic) bond motifs is 2. The van der Waals surface area contributed by atoms with Gasteiger partial charge in [-0.25, -0.2) is 9.97 Å². The van der Waals surface area contributed by atoms with Gasteiger partial charge in [-0.1, -0.05) is 68.2 Å². The molecule has 2 aromatic rings. The summed E-state index contributed by atoms with van der Waals surface area (Å²) in [6.45, 7) is 22.2. The Morgan fingerprint density at radius 1 is 0.704 bits per heavy atom. The Hall–Kier alpha value is -3.26. The molecular weight excluding hydrogens is 945 g/mol. The lowest BCUT2D eigenvalue weighted by molar-refractivity contribution is -0.156. The molecule has 4 aliphatic rings. The number of carbonyl (C=O) groups is 4. The first-order chi connectivity index (χ1) is 33.3. The third kappa shape index (κ3) is 15.6. The number of β-amino-alcohol motifs (C(OH)–C–C–N with tert-alkyl or cyclic N) is 1. The minimum Gasteiger partial charge on any atom is -0.458 e. The highest BCUT2D eigenvalue weighted by molar-refractivity contribution is 7.09. The van der Waals surface area contributed by atoms with Crippen LogP contribution in [0.4, 0.5) is 0 Å². The molecule has 0 bridgehead atoms. The van der Waals surface area contributed by atoms with Crippen molar-refractivity contribution in [3.05, 3.63) is 43.3 Å². The van der Waals surface area contributed by atoms with Gasteiger partial charge in [0.05, 0.1) is 76.1 Å². The number of aliphatic hydroxyl groups is 5. The molecule has 0 aliphatic carbocycles. The summed E-state index contributed by atoms with van der Waals surface area (Å²) < 4.78 is 11.8. The van der Waals surface area contributed by atoms with Crippen molar-refractivity contribution in [2.45, 2.75) is 208 Å². The van der Waals surface area contributed by atoms with Crippen molar-refractivity contribution in [1.29, 1.82) is 0 Å². The van der Waals surface area contributed by atoms with E-state index in [1.54, 1.807) is 64.2 Å². The fraction of sp³-hybridized carbons (Fsp3) is 0.741. The number of aryl methyl sites for hydroxylation is 2. The number of cyclic esters (lactones) is 2. The number of ether oxygens (including phenoxy) is 2. The van der Waals surface area contributed by atoms with Gasteiger partial charge < -0.3 is 40.3 Å². The second-order valence-electron chi connectivity index (χ2n) is 22.3. The smallest absolute Gasteiger partial charge is 0.309 e. The predicted octanol–water partition coefficient (Wildman–Crippen LogP) is 7.27. The van der Waals surface area contributed by atoms with E-state index < -0.39 is 71.2 Å². The number of aliphatic hydroxyl groups excluding tert-OH is 5. The summed E-state index contributed by atoms with van der Waals surface area (Å²) >= 11 is 3.13. The number of carbonyl (C=O) groups excluding carboxylic acids is 4.